The Labute approximate surface area is 117 Å². The smallest absolute Gasteiger partial charge is 0.123 e. The average Bonchev–Trinajstić information content (AvgIpc) is 2.42. The highest BCUT2D eigenvalue weighted by Crippen LogP contribution is 2.32. The lowest BCUT2D eigenvalue weighted by Crippen LogP contribution is -2.43. The van der Waals surface area contributed by atoms with Crippen molar-refractivity contribution >= 4 is 0 Å². The Kier molecular flexibility index (Phi) is 4.87. The molecule has 0 aromatic heterocycles. The van der Waals surface area contributed by atoms with Crippen LogP contribution in [0.5, 0.6) is 5.75 Å². The standard InChI is InChI=1S/C17H27NO/c1-4-13(3)14-7-5-6-8-16(14)19-17-11-12(2)9-10-15(17)18/h5-8,12-13,15,17H,4,9-11,18H2,1-3H3. The van der Waals surface area contributed by atoms with Crippen molar-refractivity contribution in [2.75, 3.05) is 0 Å². The van der Waals surface area contributed by atoms with Gasteiger partial charge in [-0.15, -0.1) is 0 Å². The molecule has 1 saturated carbocycles. The van der Waals surface area contributed by atoms with Crippen molar-refractivity contribution in [1.29, 1.82) is 0 Å². The molecular weight excluding hydrogens is 234 g/mol. The van der Waals surface area contributed by atoms with Crippen molar-refractivity contribution in [2.24, 2.45) is 11.7 Å². The lowest BCUT2D eigenvalue weighted by molar-refractivity contribution is 0.106. The highest BCUT2D eigenvalue weighted by molar-refractivity contribution is 5.36. The van der Waals surface area contributed by atoms with Gasteiger partial charge in [0, 0.05) is 6.04 Å². The number of nitrogens with two attached hydrogens (primary N) is 1. The molecule has 1 aromatic carbocycles. The van der Waals surface area contributed by atoms with E-state index < -0.39 is 0 Å². The minimum atomic E-state index is 0.175. The topological polar surface area (TPSA) is 35.2 Å². The fourth-order valence-corrected chi connectivity index (χ4v) is 2.87. The van der Waals surface area contributed by atoms with Crippen molar-refractivity contribution in [1.82, 2.24) is 0 Å². The summed E-state index contributed by atoms with van der Waals surface area (Å²) in [4.78, 5) is 0. The van der Waals surface area contributed by atoms with Crippen LogP contribution >= 0.6 is 0 Å². The summed E-state index contributed by atoms with van der Waals surface area (Å²) in [7, 11) is 0. The molecule has 0 bridgehead atoms. The second kappa shape index (κ2) is 6.42. The highest BCUT2D eigenvalue weighted by Gasteiger charge is 2.28. The van der Waals surface area contributed by atoms with E-state index >= 15 is 0 Å². The first-order valence-corrected chi connectivity index (χ1v) is 7.63. The number of benzene rings is 1. The van der Waals surface area contributed by atoms with Crippen LogP contribution in [-0.2, 0) is 0 Å². The van der Waals surface area contributed by atoms with Gasteiger partial charge >= 0.3 is 0 Å². The molecule has 106 valence electrons. The first-order valence-electron chi connectivity index (χ1n) is 7.63. The Balaban J connectivity index is 2.13. The third-order valence-corrected chi connectivity index (χ3v) is 4.45. The largest absolute Gasteiger partial charge is 0.489 e. The average molecular weight is 261 g/mol. The summed E-state index contributed by atoms with van der Waals surface area (Å²) >= 11 is 0. The van der Waals surface area contributed by atoms with Gasteiger partial charge in [0.1, 0.15) is 11.9 Å². The van der Waals surface area contributed by atoms with Gasteiger partial charge in [-0.3, -0.25) is 0 Å². The van der Waals surface area contributed by atoms with Crippen molar-refractivity contribution < 1.29 is 4.74 Å². The lowest BCUT2D eigenvalue weighted by atomic mass is 9.85. The van der Waals surface area contributed by atoms with E-state index in [-0.39, 0.29) is 12.1 Å². The van der Waals surface area contributed by atoms with E-state index in [9.17, 15) is 0 Å². The van der Waals surface area contributed by atoms with E-state index in [0.29, 0.717) is 5.92 Å². The summed E-state index contributed by atoms with van der Waals surface area (Å²) in [6, 6.07) is 8.60. The maximum Gasteiger partial charge on any atom is 0.123 e. The SMILES string of the molecule is CCC(C)c1ccccc1OC1CC(C)CCC1N. The molecule has 2 heteroatoms. The first-order chi connectivity index (χ1) is 9.11. The van der Waals surface area contributed by atoms with E-state index in [1.165, 1.54) is 12.0 Å². The van der Waals surface area contributed by atoms with Crippen LogP contribution in [0.3, 0.4) is 0 Å². The molecule has 1 aromatic rings. The van der Waals surface area contributed by atoms with Crippen LogP contribution in [0, 0.1) is 5.92 Å². The summed E-state index contributed by atoms with van der Waals surface area (Å²) in [6.45, 7) is 6.77. The van der Waals surface area contributed by atoms with Gasteiger partial charge in [0.25, 0.3) is 0 Å². The van der Waals surface area contributed by atoms with Gasteiger partial charge in [-0.05, 0) is 49.1 Å². The van der Waals surface area contributed by atoms with E-state index in [1.807, 2.05) is 0 Å². The molecule has 2 N–H and O–H groups in total. The van der Waals surface area contributed by atoms with Crippen LogP contribution in [0.2, 0.25) is 0 Å². The fraction of sp³-hybridized carbons (Fsp3) is 0.647. The van der Waals surface area contributed by atoms with Crippen LogP contribution in [0.4, 0.5) is 0 Å². The molecule has 2 nitrogen and oxygen atoms in total. The summed E-state index contributed by atoms with van der Waals surface area (Å²) in [6.07, 6.45) is 4.70. The molecule has 1 aliphatic rings. The van der Waals surface area contributed by atoms with Gasteiger partial charge in [-0.25, -0.2) is 0 Å². The predicted octanol–water partition coefficient (Wildman–Crippen LogP) is 4.09. The predicted molar refractivity (Wildman–Crippen MR) is 80.6 cm³/mol. The number of para-hydroxylation sites is 1. The molecule has 4 unspecified atom stereocenters. The molecule has 0 heterocycles. The zero-order chi connectivity index (χ0) is 13.8. The molecular formula is C17H27NO. The maximum absolute atomic E-state index is 6.27. The summed E-state index contributed by atoms with van der Waals surface area (Å²) in [5, 5.41) is 0. The Hall–Kier alpha value is -1.02. The van der Waals surface area contributed by atoms with Crippen LogP contribution in [-0.4, -0.2) is 12.1 Å². The van der Waals surface area contributed by atoms with Gasteiger partial charge in [0.05, 0.1) is 0 Å². The molecule has 1 aliphatic carbocycles. The van der Waals surface area contributed by atoms with Gasteiger partial charge in [-0.2, -0.15) is 0 Å². The number of hydrogen-bond acceptors (Lipinski definition) is 2. The molecule has 0 aliphatic heterocycles. The normalized spacial score (nSPS) is 28.9. The monoisotopic (exact) mass is 261 g/mol. The zero-order valence-electron chi connectivity index (χ0n) is 12.4. The highest BCUT2D eigenvalue weighted by atomic mass is 16.5. The Morgan fingerprint density at radius 2 is 2.05 bits per heavy atom. The molecule has 0 saturated heterocycles. The van der Waals surface area contributed by atoms with Crippen LogP contribution in [0.25, 0.3) is 0 Å². The van der Waals surface area contributed by atoms with Gasteiger partial charge in [0.15, 0.2) is 0 Å². The molecule has 4 atom stereocenters. The van der Waals surface area contributed by atoms with Crippen LogP contribution in [0.15, 0.2) is 24.3 Å². The Morgan fingerprint density at radius 3 is 2.79 bits per heavy atom. The van der Waals surface area contributed by atoms with Crippen molar-refractivity contribution in [3.8, 4) is 5.75 Å². The van der Waals surface area contributed by atoms with Crippen molar-refractivity contribution in [3.05, 3.63) is 29.8 Å². The van der Waals surface area contributed by atoms with Crippen LogP contribution < -0.4 is 10.5 Å². The van der Waals surface area contributed by atoms with E-state index in [1.54, 1.807) is 0 Å². The first kappa shape index (κ1) is 14.4. The zero-order valence-corrected chi connectivity index (χ0v) is 12.4. The third kappa shape index (κ3) is 3.50. The van der Waals surface area contributed by atoms with Gasteiger partial charge in [0.2, 0.25) is 0 Å². The molecule has 2 rings (SSSR count). The fourth-order valence-electron chi connectivity index (χ4n) is 2.87. The minimum absolute atomic E-state index is 0.175. The summed E-state index contributed by atoms with van der Waals surface area (Å²) < 4.78 is 6.27. The summed E-state index contributed by atoms with van der Waals surface area (Å²) in [5.74, 6) is 2.29. The van der Waals surface area contributed by atoms with Gasteiger partial charge < -0.3 is 10.5 Å². The molecule has 19 heavy (non-hydrogen) atoms. The van der Waals surface area contributed by atoms with Gasteiger partial charge in [-0.1, -0.05) is 39.0 Å². The molecule has 1 fully saturated rings. The van der Waals surface area contributed by atoms with Crippen LogP contribution in [0.1, 0.15) is 57.9 Å². The second-order valence-corrected chi connectivity index (χ2v) is 6.09. The Morgan fingerprint density at radius 1 is 1.32 bits per heavy atom. The second-order valence-electron chi connectivity index (χ2n) is 6.09. The quantitative estimate of drug-likeness (QED) is 0.885. The number of hydrogen-bond donors (Lipinski definition) is 1. The van der Waals surface area contributed by atoms with E-state index in [4.69, 9.17) is 10.5 Å². The van der Waals surface area contributed by atoms with E-state index in [2.05, 4.69) is 45.0 Å². The summed E-state index contributed by atoms with van der Waals surface area (Å²) in [5.41, 5.74) is 7.54. The molecule has 0 spiro atoms. The number of rotatable bonds is 4. The number of ether oxygens (including phenoxy) is 1. The lowest BCUT2D eigenvalue weighted by Gasteiger charge is -2.33. The molecule has 0 amide bonds. The van der Waals surface area contributed by atoms with Crippen molar-refractivity contribution in [3.63, 3.8) is 0 Å². The molecule has 0 radical (unpaired) electrons. The third-order valence-electron chi connectivity index (χ3n) is 4.45. The van der Waals surface area contributed by atoms with Crippen molar-refractivity contribution in [2.45, 2.75) is 64.5 Å². The minimum Gasteiger partial charge on any atom is -0.489 e. The Bertz CT molecular complexity index is 404. The maximum atomic E-state index is 6.27. The van der Waals surface area contributed by atoms with E-state index in [0.717, 1.165) is 30.9 Å².